The lowest BCUT2D eigenvalue weighted by Crippen LogP contribution is -2.31. The van der Waals surface area contributed by atoms with Gasteiger partial charge in [0, 0.05) is 6.07 Å². The molecule has 1 unspecified atom stereocenters. The van der Waals surface area contributed by atoms with Crippen LogP contribution in [0, 0.1) is 0 Å². The van der Waals surface area contributed by atoms with Gasteiger partial charge in [-0.3, -0.25) is 9.59 Å². The Labute approximate surface area is 132 Å². The Balaban J connectivity index is 1.90. The van der Waals surface area contributed by atoms with Gasteiger partial charge in [-0.25, -0.2) is 0 Å². The molecule has 0 radical (unpaired) electrons. The minimum atomic E-state index is -0.569. The predicted molar refractivity (Wildman–Crippen MR) is 86.2 cm³/mol. The fourth-order valence-corrected chi connectivity index (χ4v) is 2.36. The van der Waals surface area contributed by atoms with Crippen molar-refractivity contribution in [2.24, 2.45) is 0 Å². The first-order valence-corrected chi connectivity index (χ1v) is 7.18. The van der Waals surface area contributed by atoms with Gasteiger partial charge in [-0.1, -0.05) is 42.5 Å². The zero-order valence-corrected chi connectivity index (χ0v) is 12.2. The Morgan fingerprint density at radius 3 is 2.52 bits per heavy atom. The molecule has 0 aliphatic carbocycles. The van der Waals surface area contributed by atoms with Crippen LogP contribution < -0.4 is 10.7 Å². The average Bonchev–Trinajstić information content (AvgIpc) is 2.60. The Kier molecular flexibility index (Phi) is 4.21. The van der Waals surface area contributed by atoms with Gasteiger partial charge in [-0.05, 0) is 17.7 Å². The highest BCUT2D eigenvalue weighted by Gasteiger charge is 2.17. The van der Waals surface area contributed by atoms with Gasteiger partial charge in [-0.15, -0.1) is 0 Å². The number of nitrogens with one attached hydrogen (secondary N) is 1. The van der Waals surface area contributed by atoms with E-state index in [0.717, 1.165) is 11.6 Å². The summed E-state index contributed by atoms with van der Waals surface area (Å²) in [6.07, 6.45) is 0. The van der Waals surface area contributed by atoms with Gasteiger partial charge in [-0.2, -0.15) is 0 Å². The van der Waals surface area contributed by atoms with Crippen LogP contribution in [-0.2, 0) is 0 Å². The van der Waals surface area contributed by atoms with E-state index in [0.29, 0.717) is 11.0 Å². The molecule has 5 nitrogen and oxygen atoms in total. The van der Waals surface area contributed by atoms with E-state index >= 15 is 0 Å². The van der Waals surface area contributed by atoms with Crippen LogP contribution in [0.5, 0.6) is 0 Å². The van der Waals surface area contributed by atoms with Crippen molar-refractivity contribution < 1.29 is 14.3 Å². The second kappa shape index (κ2) is 6.46. The largest absolute Gasteiger partial charge is 0.451 e. The molecule has 1 atom stereocenters. The molecule has 23 heavy (non-hydrogen) atoms. The summed E-state index contributed by atoms with van der Waals surface area (Å²) in [6, 6.07) is 16.4. The van der Waals surface area contributed by atoms with E-state index in [2.05, 4.69) is 5.32 Å². The van der Waals surface area contributed by atoms with Gasteiger partial charge in [0.1, 0.15) is 5.58 Å². The number of carbonyl (C=O) groups is 1. The van der Waals surface area contributed by atoms with Crippen LogP contribution in [0.2, 0.25) is 0 Å². The maximum Gasteiger partial charge on any atom is 0.287 e. The molecule has 1 amide bonds. The summed E-state index contributed by atoms with van der Waals surface area (Å²) in [4.78, 5) is 24.4. The molecule has 2 aromatic carbocycles. The molecule has 0 fully saturated rings. The monoisotopic (exact) mass is 309 g/mol. The van der Waals surface area contributed by atoms with E-state index in [1.807, 2.05) is 18.2 Å². The second-order valence-electron chi connectivity index (χ2n) is 5.09. The Bertz CT molecular complexity index is 886. The highest BCUT2D eigenvalue weighted by Crippen LogP contribution is 2.15. The smallest absolute Gasteiger partial charge is 0.287 e. The lowest BCUT2D eigenvalue weighted by molar-refractivity contribution is 0.0888. The van der Waals surface area contributed by atoms with Crippen LogP contribution >= 0.6 is 0 Å². The van der Waals surface area contributed by atoms with E-state index in [1.165, 1.54) is 0 Å². The molecule has 0 aliphatic heterocycles. The van der Waals surface area contributed by atoms with Crippen molar-refractivity contribution in [3.8, 4) is 0 Å². The Hall–Kier alpha value is -2.92. The maximum atomic E-state index is 12.3. The highest BCUT2D eigenvalue weighted by atomic mass is 16.3. The zero-order valence-electron chi connectivity index (χ0n) is 12.2. The second-order valence-corrected chi connectivity index (χ2v) is 5.09. The number of carbonyl (C=O) groups excluding carboxylic acids is 1. The molecule has 1 heterocycles. The van der Waals surface area contributed by atoms with Gasteiger partial charge < -0.3 is 14.8 Å². The molecule has 3 aromatic rings. The first-order valence-electron chi connectivity index (χ1n) is 7.18. The molecular weight excluding hydrogens is 294 g/mol. The van der Waals surface area contributed by atoms with Crippen molar-refractivity contribution in [3.63, 3.8) is 0 Å². The summed E-state index contributed by atoms with van der Waals surface area (Å²) < 4.78 is 5.49. The van der Waals surface area contributed by atoms with Crippen molar-refractivity contribution in [2.75, 3.05) is 6.61 Å². The zero-order chi connectivity index (χ0) is 16.2. The van der Waals surface area contributed by atoms with Crippen molar-refractivity contribution in [1.82, 2.24) is 5.32 Å². The van der Waals surface area contributed by atoms with Crippen molar-refractivity contribution in [1.29, 1.82) is 0 Å². The average molecular weight is 309 g/mol. The predicted octanol–water partition coefficient (Wildman–Crippen LogP) is 2.26. The summed E-state index contributed by atoms with van der Waals surface area (Å²) in [5.41, 5.74) is 0.842. The molecule has 0 saturated carbocycles. The fraction of sp³-hybridized carbons (Fsp3) is 0.111. The van der Waals surface area contributed by atoms with E-state index in [-0.39, 0.29) is 17.8 Å². The summed E-state index contributed by atoms with van der Waals surface area (Å²) in [5.74, 6) is -0.626. The van der Waals surface area contributed by atoms with E-state index in [9.17, 15) is 14.7 Å². The summed E-state index contributed by atoms with van der Waals surface area (Å²) >= 11 is 0. The first-order chi connectivity index (χ1) is 11.2. The minimum Gasteiger partial charge on any atom is -0.451 e. The first kappa shape index (κ1) is 15.0. The molecule has 0 saturated heterocycles. The standard InChI is InChI=1S/C18H15NO4/c20-11-14(12-6-2-1-3-7-12)19-18(22)17-10-15(21)13-8-4-5-9-16(13)23-17/h1-10,14,20H,11H2,(H,19,22). The Morgan fingerprint density at radius 2 is 1.78 bits per heavy atom. The molecule has 3 rings (SSSR count). The van der Waals surface area contributed by atoms with Crippen LogP contribution in [0.3, 0.4) is 0 Å². The normalized spacial score (nSPS) is 12.0. The van der Waals surface area contributed by atoms with Crippen molar-refractivity contribution in [2.45, 2.75) is 6.04 Å². The number of hydrogen-bond donors (Lipinski definition) is 2. The quantitative estimate of drug-likeness (QED) is 0.775. The number of aliphatic hydroxyl groups is 1. The number of benzene rings is 2. The highest BCUT2D eigenvalue weighted by molar-refractivity contribution is 5.93. The van der Waals surface area contributed by atoms with Gasteiger partial charge in [0.15, 0.2) is 11.2 Å². The topological polar surface area (TPSA) is 79.5 Å². The Morgan fingerprint density at radius 1 is 1.09 bits per heavy atom. The van der Waals surface area contributed by atoms with Gasteiger partial charge in [0.05, 0.1) is 18.0 Å². The third-order valence-corrected chi connectivity index (χ3v) is 3.55. The summed E-state index contributed by atoms with van der Waals surface area (Å²) in [5, 5.41) is 12.6. The van der Waals surface area contributed by atoms with Crippen LogP contribution in [0.4, 0.5) is 0 Å². The van der Waals surface area contributed by atoms with Crippen LogP contribution in [0.25, 0.3) is 11.0 Å². The van der Waals surface area contributed by atoms with Gasteiger partial charge in [0.2, 0.25) is 0 Å². The van der Waals surface area contributed by atoms with Crippen molar-refractivity contribution >= 4 is 16.9 Å². The maximum absolute atomic E-state index is 12.3. The lowest BCUT2D eigenvalue weighted by Gasteiger charge is -2.16. The minimum absolute atomic E-state index is 0.0805. The van der Waals surface area contributed by atoms with E-state index < -0.39 is 11.9 Å². The fourth-order valence-electron chi connectivity index (χ4n) is 2.36. The molecule has 2 N–H and O–H groups in total. The SMILES string of the molecule is O=C(NC(CO)c1ccccc1)c1cc(=O)c2ccccc2o1. The van der Waals surface area contributed by atoms with Crippen molar-refractivity contribution in [3.05, 3.63) is 82.2 Å². The van der Waals surface area contributed by atoms with Crippen LogP contribution in [0.15, 0.2) is 69.9 Å². The van der Waals surface area contributed by atoms with E-state index in [1.54, 1.807) is 36.4 Å². The number of fused-ring (bicyclic) bond motifs is 1. The molecule has 0 aliphatic rings. The molecule has 1 aromatic heterocycles. The molecular formula is C18H15NO4. The number of rotatable bonds is 4. The third kappa shape index (κ3) is 3.14. The third-order valence-electron chi connectivity index (χ3n) is 3.55. The molecule has 0 spiro atoms. The summed E-state index contributed by atoms with van der Waals surface area (Å²) in [7, 11) is 0. The van der Waals surface area contributed by atoms with Gasteiger partial charge >= 0.3 is 0 Å². The lowest BCUT2D eigenvalue weighted by atomic mass is 10.1. The number of para-hydroxylation sites is 1. The van der Waals surface area contributed by atoms with Crippen LogP contribution in [0.1, 0.15) is 22.2 Å². The summed E-state index contributed by atoms with van der Waals surface area (Å²) in [6.45, 7) is -0.256. The van der Waals surface area contributed by atoms with Crippen LogP contribution in [-0.4, -0.2) is 17.6 Å². The molecule has 5 heteroatoms. The van der Waals surface area contributed by atoms with E-state index in [4.69, 9.17) is 4.42 Å². The molecule has 0 bridgehead atoms. The number of hydrogen-bond acceptors (Lipinski definition) is 4. The number of aliphatic hydroxyl groups excluding tert-OH is 1. The number of amides is 1. The van der Waals surface area contributed by atoms with Gasteiger partial charge in [0.25, 0.3) is 5.91 Å². The molecule has 116 valence electrons.